The molecule has 228 valence electrons. The minimum atomic E-state index is -4.78. The molecule has 0 radical (unpaired) electrons. The number of nitrogens with zero attached hydrogens (tertiary/aromatic N) is 5. The Kier molecular flexibility index (Phi) is 8.68. The maximum atomic E-state index is 15.4. The molecule has 0 aliphatic rings. The number of para-hydroxylation sites is 1. The van der Waals surface area contributed by atoms with Crippen molar-refractivity contribution < 1.29 is 27.1 Å². The van der Waals surface area contributed by atoms with Gasteiger partial charge in [-0.15, -0.1) is 29.6 Å². The van der Waals surface area contributed by atoms with Crippen molar-refractivity contribution in [2.75, 3.05) is 0 Å². The number of aryl methyl sites for hydroxylation is 3. The van der Waals surface area contributed by atoms with Gasteiger partial charge < -0.3 is 10.1 Å². The zero-order chi connectivity index (χ0) is 31.6. The minimum absolute atomic E-state index is 0.339. The molecule has 2 heterocycles. The van der Waals surface area contributed by atoms with E-state index in [4.69, 9.17) is 0 Å². The second-order valence-corrected chi connectivity index (χ2v) is 11.0. The molecule has 13 heteroatoms. The number of nitrogens with one attached hydrogen (secondary N) is 1. The Bertz CT molecular complexity index is 1820. The molecule has 5 aromatic rings. The summed E-state index contributed by atoms with van der Waals surface area (Å²) in [5.41, 5.74) is 5.41. The molecule has 2 atom stereocenters. The number of alkyl halides is 4. The fourth-order valence-electron chi connectivity index (χ4n) is 4.71. The van der Waals surface area contributed by atoms with Gasteiger partial charge in [0.25, 0.3) is 0 Å². The van der Waals surface area contributed by atoms with Gasteiger partial charge in [0.05, 0.1) is 17.4 Å². The van der Waals surface area contributed by atoms with Crippen molar-refractivity contribution in [3.8, 4) is 28.5 Å². The first kappa shape index (κ1) is 30.7. The number of urea groups is 1. The molecule has 1 N–H and O–H groups in total. The lowest BCUT2D eigenvalue weighted by molar-refractivity contribution is -0.274. The Morgan fingerprint density at radius 1 is 1.00 bits per heavy atom. The summed E-state index contributed by atoms with van der Waals surface area (Å²) in [6.07, 6.45) is -4.87. The van der Waals surface area contributed by atoms with Gasteiger partial charge in [-0.3, -0.25) is 4.57 Å². The minimum Gasteiger partial charge on any atom is -0.406 e. The highest BCUT2D eigenvalue weighted by Crippen LogP contribution is 2.26. The lowest BCUT2D eigenvalue weighted by atomic mass is 10.0. The summed E-state index contributed by atoms with van der Waals surface area (Å²) < 4.78 is 59.8. The Morgan fingerprint density at radius 3 is 2.30 bits per heavy atom. The molecule has 0 fully saturated rings. The van der Waals surface area contributed by atoms with E-state index in [0.29, 0.717) is 27.4 Å². The number of halogens is 4. The SMILES string of the molecule is Cc1cccc(C)c1-n1c(C)cs/c1=N\C(=O)NC(C)C(F)c1ccc(-c2ncn(-c3ccc(OC(F)(F)F)cc3)n2)cc1. The molecule has 0 saturated carbocycles. The van der Waals surface area contributed by atoms with E-state index in [1.807, 2.05) is 48.9 Å². The van der Waals surface area contributed by atoms with Crippen molar-refractivity contribution in [3.63, 3.8) is 0 Å². The van der Waals surface area contributed by atoms with Gasteiger partial charge in [-0.2, -0.15) is 4.99 Å². The lowest BCUT2D eigenvalue weighted by Gasteiger charge is -2.17. The Hall–Kier alpha value is -4.78. The van der Waals surface area contributed by atoms with Crippen LogP contribution in [0.3, 0.4) is 0 Å². The third-order valence-corrected chi connectivity index (χ3v) is 7.79. The number of aromatic nitrogens is 4. The highest BCUT2D eigenvalue weighted by atomic mass is 32.1. The largest absolute Gasteiger partial charge is 0.573 e. The Morgan fingerprint density at radius 2 is 1.66 bits per heavy atom. The van der Waals surface area contributed by atoms with Crippen LogP contribution in [0.15, 0.2) is 83.4 Å². The number of hydrogen-bond donors (Lipinski definition) is 1. The molecule has 2 unspecified atom stereocenters. The average Bonchev–Trinajstić information content (AvgIpc) is 3.60. The smallest absolute Gasteiger partial charge is 0.406 e. The summed E-state index contributed by atoms with van der Waals surface area (Å²) in [5.74, 6) is -0.00850. The van der Waals surface area contributed by atoms with E-state index in [1.165, 1.54) is 46.6 Å². The van der Waals surface area contributed by atoms with Gasteiger partial charge in [-0.25, -0.2) is 18.9 Å². The van der Waals surface area contributed by atoms with Crippen molar-refractivity contribution >= 4 is 17.4 Å². The molecular formula is C31H28F4N6O2S. The summed E-state index contributed by atoms with van der Waals surface area (Å²) in [5, 5.41) is 8.92. The zero-order valence-corrected chi connectivity index (χ0v) is 24.9. The number of carbonyl (C=O) groups excluding carboxylic acids is 1. The van der Waals surface area contributed by atoms with Crippen molar-refractivity contribution in [2.45, 2.75) is 46.3 Å². The van der Waals surface area contributed by atoms with E-state index in [2.05, 4.69) is 25.1 Å². The van der Waals surface area contributed by atoms with Crippen LogP contribution in [0.2, 0.25) is 0 Å². The first-order chi connectivity index (χ1) is 20.9. The van der Waals surface area contributed by atoms with Crippen LogP contribution in [-0.2, 0) is 0 Å². The third-order valence-electron chi connectivity index (χ3n) is 6.84. The summed E-state index contributed by atoms with van der Waals surface area (Å²) in [7, 11) is 0. The van der Waals surface area contributed by atoms with E-state index >= 15 is 4.39 Å². The van der Waals surface area contributed by atoms with Crippen molar-refractivity contribution in [1.29, 1.82) is 0 Å². The van der Waals surface area contributed by atoms with Crippen LogP contribution >= 0.6 is 11.3 Å². The zero-order valence-electron chi connectivity index (χ0n) is 24.1. The number of ether oxygens (including phenoxy) is 1. The number of benzene rings is 3. The van der Waals surface area contributed by atoms with Crippen LogP contribution < -0.4 is 14.9 Å². The molecule has 44 heavy (non-hydrogen) atoms. The maximum Gasteiger partial charge on any atom is 0.573 e. The number of rotatable bonds is 7. The fraction of sp³-hybridized carbons (Fsp3) is 0.226. The number of hydrogen-bond acceptors (Lipinski definition) is 5. The number of amides is 2. The Balaban J connectivity index is 1.26. The highest BCUT2D eigenvalue weighted by molar-refractivity contribution is 7.07. The van der Waals surface area contributed by atoms with E-state index in [-0.39, 0.29) is 5.75 Å². The van der Waals surface area contributed by atoms with Gasteiger partial charge in [0, 0.05) is 16.6 Å². The monoisotopic (exact) mass is 624 g/mol. The molecule has 0 aliphatic heterocycles. The van der Waals surface area contributed by atoms with Crippen LogP contribution in [0.1, 0.15) is 35.5 Å². The predicted molar refractivity (Wildman–Crippen MR) is 159 cm³/mol. The average molecular weight is 625 g/mol. The van der Waals surface area contributed by atoms with Crippen LogP contribution in [0.4, 0.5) is 22.4 Å². The number of thiazole rings is 1. The van der Waals surface area contributed by atoms with Crippen LogP contribution in [0.5, 0.6) is 5.75 Å². The second-order valence-electron chi connectivity index (χ2n) is 10.2. The van der Waals surface area contributed by atoms with E-state index in [0.717, 1.165) is 22.5 Å². The van der Waals surface area contributed by atoms with E-state index < -0.39 is 24.6 Å². The molecule has 2 amide bonds. The summed E-state index contributed by atoms with van der Waals surface area (Å²) in [6.45, 7) is 7.51. The van der Waals surface area contributed by atoms with Crippen LogP contribution in [0, 0.1) is 20.8 Å². The van der Waals surface area contributed by atoms with Crippen LogP contribution in [0.25, 0.3) is 22.8 Å². The van der Waals surface area contributed by atoms with Gasteiger partial charge in [-0.1, -0.05) is 42.5 Å². The summed E-state index contributed by atoms with van der Waals surface area (Å²) in [6, 6.07) is 16.1. The topological polar surface area (TPSA) is 86.3 Å². The van der Waals surface area contributed by atoms with E-state index in [1.54, 1.807) is 31.2 Å². The van der Waals surface area contributed by atoms with Gasteiger partial charge in [-0.05, 0) is 68.7 Å². The first-order valence-corrected chi connectivity index (χ1v) is 14.4. The molecule has 3 aromatic carbocycles. The Labute approximate surface area is 254 Å². The second kappa shape index (κ2) is 12.4. The van der Waals surface area contributed by atoms with Crippen molar-refractivity contribution in [1.82, 2.24) is 24.6 Å². The predicted octanol–water partition coefficient (Wildman–Crippen LogP) is 7.32. The third kappa shape index (κ3) is 6.88. The standard InChI is InChI=1S/C31H28F4N6O2S/c1-18-6-5-7-19(2)27(18)41-20(3)16-44-30(41)38-29(42)37-21(4)26(32)22-8-10-23(11-9-22)28-36-17-40(39-28)24-12-14-25(15-13-24)43-31(33,34)35/h5-17,21,26H,1-4H3,(H,37,42)/b38-30-. The van der Waals surface area contributed by atoms with Crippen LogP contribution in [-0.4, -0.2) is 37.8 Å². The molecule has 0 aliphatic carbocycles. The molecule has 2 aromatic heterocycles. The summed E-state index contributed by atoms with van der Waals surface area (Å²) in [4.78, 5) is 21.8. The normalized spacial score (nSPS) is 13.5. The van der Waals surface area contributed by atoms with Crippen molar-refractivity contribution in [2.24, 2.45) is 4.99 Å². The van der Waals surface area contributed by atoms with Gasteiger partial charge in [0.1, 0.15) is 18.2 Å². The van der Waals surface area contributed by atoms with Gasteiger partial charge in [0.15, 0.2) is 10.6 Å². The first-order valence-electron chi connectivity index (χ1n) is 13.5. The lowest BCUT2D eigenvalue weighted by Crippen LogP contribution is -2.35. The van der Waals surface area contributed by atoms with Gasteiger partial charge in [0.2, 0.25) is 0 Å². The molecular weight excluding hydrogens is 596 g/mol. The van der Waals surface area contributed by atoms with Crippen molar-refractivity contribution in [3.05, 3.63) is 106 Å². The molecule has 5 rings (SSSR count). The van der Waals surface area contributed by atoms with Gasteiger partial charge >= 0.3 is 12.4 Å². The van der Waals surface area contributed by atoms with E-state index in [9.17, 15) is 18.0 Å². The highest BCUT2D eigenvalue weighted by Gasteiger charge is 2.31. The summed E-state index contributed by atoms with van der Waals surface area (Å²) >= 11 is 1.33. The number of carbonyl (C=O) groups is 1. The fourth-order valence-corrected chi connectivity index (χ4v) is 5.57. The molecule has 0 spiro atoms. The quantitative estimate of drug-likeness (QED) is 0.192. The molecule has 0 bridgehead atoms. The molecule has 8 nitrogen and oxygen atoms in total. The maximum absolute atomic E-state index is 15.4. The molecule has 0 saturated heterocycles.